The molecule has 0 saturated carbocycles. The molecule has 0 spiro atoms. The second kappa shape index (κ2) is 10.9. The quantitative estimate of drug-likeness (QED) is 0.594. The van der Waals surface area contributed by atoms with Gasteiger partial charge in [-0.05, 0) is 0 Å². The van der Waals surface area contributed by atoms with Gasteiger partial charge in [-0.15, -0.1) is 12.1 Å². The molecule has 1 rings (SSSR count). The maximum absolute atomic E-state index is 5.09. The van der Waals surface area contributed by atoms with Crippen LogP contribution in [0.3, 0.4) is 0 Å². The molecule has 0 bridgehead atoms. The fraction of sp³-hybridized carbons (Fsp3) is 0.417. The van der Waals surface area contributed by atoms with Crippen molar-refractivity contribution in [3.05, 3.63) is 25.1 Å². The fourth-order valence-electron chi connectivity index (χ4n) is 0.950. The second-order valence-electron chi connectivity index (χ2n) is 2.63. The Bertz CT molecular complexity index is 255. The molecule has 0 fully saturated rings. The van der Waals surface area contributed by atoms with Crippen molar-refractivity contribution < 1.29 is 14.2 Å². The van der Waals surface area contributed by atoms with Crippen molar-refractivity contribution in [1.29, 1.82) is 0 Å². The number of benzene rings is 1. The molecule has 0 aliphatic carbocycles. The molecule has 0 amide bonds. The summed E-state index contributed by atoms with van der Waals surface area (Å²) in [4.78, 5) is 0. The van der Waals surface area contributed by atoms with Gasteiger partial charge in [0.25, 0.3) is 0 Å². The summed E-state index contributed by atoms with van der Waals surface area (Å²) in [6.07, 6.45) is 1.00. The Balaban J connectivity index is 0. The Morgan fingerprint density at radius 3 is 1.69 bits per heavy atom. The third-order valence-electron chi connectivity index (χ3n) is 1.52. The van der Waals surface area contributed by atoms with Gasteiger partial charge >= 0.3 is 23.1 Å². The molecular formula is C12H18MgO3. The Labute approximate surface area is 114 Å². The van der Waals surface area contributed by atoms with Crippen molar-refractivity contribution in [2.75, 3.05) is 21.3 Å². The van der Waals surface area contributed by atoms with Crippen LogP contribution in [0.1, 0.15) is 13.3 Å². The zero-order valence-electron chi connectivity index (χ0n) is 10.5. The topological polar surface area (TPSA) is 27.7 Å². The van der Waals surface area contributed by atoms with Gasteiger partial charge in [0.2, 0.25) is 0 Å². The predicted octanol–water partition coefficient (Wildman–Crippen LogP) is 2.36. The molecule has 16 heavy (non-hydrogen) atoms. The first-order valence-corrected chi connectivity index (χ1v) is 4.70. The van der Waals surface area contributed by atoms with Crippen LogP contribution in [0.15, 0.2) is 12.1 Å². The number of hydrogen-bond donors (Lipinski definition) is 0. The third kappa shape index (κ3) is 5.46. The molecule has 0 atom stereocenters. The van der Waals surface area contributed by atoms with E-state index in [-0.39, 0.29) is 23.1 Å². The van der Waals surface area contributed by atoms with Crippen LogP contribution in [0, 0.1) is 13.0 Å². The molecular weight excluding hydrogens is 216 g/mol. The molecule has 0 heterocycles. The van der Waals surface area contributed by atoms with Gasteiger partial charge < -0.3 is 21.1 Å². The molecule has 0 aliphatic rings. The molecule has 0 radical (unpaired) electrons. The molecule has 0 N–H and O–H groups in total. The van der Waals surface area contributed by atoms with Crippen LogP contribution in [0.25, 0.3) is 0 Å². The minimum Gasteiger partial charge on any atom is -0.550 e. The summed E-state index contributed by atoms with van der Waals surface area (Å²) in [5.74, 6) is 1.84. The minimum atomic E-state index is 0. The summed E-state index contributed by atoms with van der Waals surface area (Å²) in [6, 6.07) is 6.27. The molecule has 0 aliphatic heterocycles. The van der Waals surface area contributed by atoms with E-state index >= 15 is 0 Å². The Kier molecular flexibility index (Phi) is 12.1. The van der Waals surface area contributed by atoms with Crippen LogP contribution in [0.2, 0.25) is 0 Å². The van der Waals surface area contributed by atoms with E-state index < -0.39 is 0 Å². The summed E-state index contributed by atoms with van der Waals surface area (Å²) in [5.41, 5.74) is 0. The molecule has 1 aromatic rings. The van der Waals surface area contributed by atoms with Crippen molar-refractivity contribution in [2.24, 2.45) is 0 Å². The zero-order valence-corrected chi connectivity index (χ0v) is 11.9. The SMILES string of the molecule is COc1c[c-]cc(OC)c1OC.[CH2-]CC.[Mg+2]. The Morgan fingerprint density at radius 1 is 1.06 bits per heavy atom. The van der Waals surface area contributed by atoms with Gasteiger partial charge in [0.1, 0.15) is 0 Å². The van der Waals surface area contributed by atoms with Crippen molar-refractivity contribution in [3.8, 4) is 17.2 Å². The van der Waals surface area contributed by atoms with Crippen LogP contribution in [0.5, 0.6) is 17.2 Å². The minimum absolute atomic E-state index is 0. The van der Waals surface area contributed by atoms with Gasteiger partial charge in [-0.1, -0.05) is 6.92 Å². The number of rotatable bonds is 3. The summed E-state index contributed by atoms with van der Waals surface area (Å²) in [5, 5.41) is 0. The third-order valence-corrected chi connectivity index (χ3v) is 1.52. The Hall–Kier alpha value is -0.614. The maximum Gasteiger partial charge on any atom is 2.00 e. The summed E-state index contributed by atoms with van der Waals surface area (Å²) < 4.78 is 15.2. The van der Waals surface area contributed by atoms with E-state index in [1.54, 1.807) is 33.5 Å². The van der Waals surface area contributed by atoms with Gasteiger partial charge in [-0.25, -0.2) is 0 Å². The predicted molar refractivity (Wildman–Crippen MR) is 66.3 cm³/mol. The van der Waals surface area contributed by atoms with Gasteiger partial charge in [0.15, 0.2) is 0 Å². The van der Waals surface area contributed by atoms with Gasteiger partial charge in [-0.3, -0.25) is 0 Å². The Morgan fingerprint density at radius 2 is 1.44 bits per heavy atom. The first-order chi connectivity index (χ1) is 7.24. The average molecular weight is 235 g/mol. The normalized spacial score (nSPS) is 8.06. The van der Waals surface area contributed by atoms with Crippen LogP contribution in [-0.2, 0) is 0 Å². The molecule has 0 saturated heterocycles. The average Bonchev–Trinajstić information content (AvgIpc) is 2.28. The molecule has 1 aromatic carbocycles. The molecule has 0 unspecified atom stereocenters. The fourth-order valence-corrected chi connectivity index (χ4v) is 0.950. The van der Waals surface area contributed by atoms with E-state index in [1.807, 2.05) is 6.92 Å². The smallest absolute Gasteiger partial charge is 0.550 e. The van der Waals surface area contributed by atoms with Gasteiger partial charge in [0, 0.05) is 0 Å². The molecule has 4 heteroatoms. The molecule has 86 valence electrons. The van der Waals surface area contributed by atoms with Crippen molar-refractivity contribution in [2.45, 2.75) is 13.3 Å². The van der Waals surface area contributed by atoms with Crippen LogP contribution in [0.4, 0.5) is 0 Å². The standard InChI is InChI=1S/C9H11O3.C3H7.Mg/c1-10-7-5-4-6-8(11-2)9(7)12-3;1-3-2;/h5-6H,1-3H3;1,3H2,2H3;/q2*-1;+2. The van der Waals surface area contributed by atoms with E-state index in [0.717, 1.165) is 6.42 Å². The summed E-state index contributed by atoms with van der Waals surface area (Å²) in [6.45, 7) is 5.50. The maximum atomic E-state index is 5.09. The number of hydrogen-bond acceptors (Lipinski definition) is 3. The molecule has 0 aromatic heterocycles. The molecule has 3 nitrogen and oxygen atoms in total. The first-order valence-electron chi connectivity index (χ1n) is 4.70. The van der Waals surface area contributed by atoms with Gasteiger partial charge in [0.05, 0.1) is 38.6 Å². The van der Waals surface area contributed by atoms with Crippen LogP contribution < -0.4 is 14.2 Å². The van der Waals surface area contributed by atoms with E-state index in [2.05, 4.69) is 13.0 Å². The largest absolute Gasteiger partial charge is 2.00 e. The van der Waals surface area contributed by atoms with Crippen molar-refractivity contribution >= 4 is 23.1 Å². The summed E-state index contributed by atoms with van der Waals surface area (Å²) >= 11 is 0. The van der Waals surface area contributed by atoms with E-state index in [0.29, 0.717) is 17.2 Å². The van der Waals surface area contributed by atoms with Crippen molar-refractivity contribution in [3.63, 3.8) is 0 Å². The zero-order chi connectivity index (χ0) is 11.7. The van der Waals surface area contributed by atoms with E-state index in [9.17, 15) is 0 Å². The van der Waals surface area contributed by atoms with E-state index in [4.69, 9.17) is 14.2 Å². The summed E-state index contributed by atoms with van der Waals surface area (Å²) in [7, 11) is 4.72. The second-order valence-corrected chi connectivity index (χ2v) is 2.63. The van der Waals surface area contributed by atoms with Gasteiger partial charge in [-0.2, -0.15) is 12.5 Å². The monoisotopic (exact) mass is 234 g/mol. The van der Waals surface area contributed by atoms with Crippen LogP contribution >= 0.6 is 0 Å². The van der Waals surface area contributed by atoms with Crippen LogP contribution in [-0.4, -0.2) is 44.4 Å². The number of ether oxygens (including phenoxy) is 3. The first kappa shape index (κ1) is 17.8. The van der Waals surface area contributed by atoms with Crippen molar-refractivity contribution in [1.82, 2.24) is 0 Å². The number of methoxy groups -OCH3 is 3. The van der Waals surface area contributed by atoms with E-state index in [1.165, 1.54) is 0 Å².